The third-order valence-electron chi connectivity index (χ3n) is 1.96. The second kappa shape index (κ2) is 9.28. The van der Waals surface area contributed by atoms with Crippen molar-refractivity contribution in [1.82, 2.24) is 0 Å². The van der Waals surface area contributed by atoms with Crippen molar-refractivity contribution in [2.75, 3.05) is 25.5 Å². The molecule has 0 amide bonds. The normalized spacial score (nSPS) is 14.0. The summed E-state index contributed by atoms with van der Waals surface area (Å²) in [4.78, 5) is 0. The summed E-state index contributed by atoms with van der Waals surface area (Å²) >= 11 is 0. The van der Waals surface area contributed by atoms with E-state index in [0.717, 1.165) is 0 Å². The molecule has 0 fully saturated rings. The first-order valence-electron chi connectivity index (χ1n) is 7.45. The van der Waals surface area contributed by atoms with E-state index in [4.69, 9.17) is 17.5 Å². The van der Waals surface area contributed by atoms with Gasteiger partial charge in [-0.3, -0.25) is 4.57 Å². The van der Waals surface area contributed by atoms with Gasteiger partial charge < -0.3 is 17.5 Å². The Morgan fingerprint density at radius 1 is 0.857 bits per heavy atom. The van der Waals surface area contributed by atoms with Crippen LogP contribution >= 0.6 is 16.0 Å². The van der Waals surface area contributed by atoms with E-state index in [-0.39, 0.29) is 0 Å². The number of hydrogen-bond acceptors (Lipinski definition) is 5. The maximum atomic E-state index is 12.5. The summed E-state index contributed by atoms with van der Waals surface area (Å²) in [5, 5.41) is 0. The molecule has 9 heteroatoms. The Hall–Kier alpha value is 0.934. The molecular weight excluding hydrogens is 342 g/mol. The van der Waals surface area contributed by atoms with Crippen LogP contribution in [0.3, 0.4) is 0 Å². The van der Waals surface area contributed by atoms with Crippen LogP contribution in [0.25, 0.3) is 0 Å². The smallest absolute Gasteiger partial charge is 0.331 e. The van der Waals surface area contributed by atoms with Gasteiger partial charge in [0.05, 0.1) is 19.4 Å². The van der Waals surface area contributed by atoms with Gasteiger partial charge in [-0.05, 0) is 53.1 Å². The lowest BCUT2D eigenvalue weighted by Gasteiger charge is -2.31. The van der Waals surface area contributed by atoms with Crippen molar-refractivity contribution in [2.45, 2.75) is 53.1 Å². The summed E-state index contributed by atoms with van der Waals surface area (Å²) < 4.78 is 35.5. The third-order valence-corrected chi connectivity index (χ3v) is 11.0. The topological polar surface area (TPSA) is 54.0 Å². The second-order valence-electron chi connectivity index (χ2n) is 6.63. The molecule has 0 radical (unpaired) electrons. The van der Waals surface area contributed by atoms with Gasteiger partial charge in [0.25, 0.3) is 0 Å². The minimum absolute atomic E-state index is 0.356. The Balaban J connectivity index is 4.75. The van der Waals surface area contributed by atoms with Crippen molar-refractivity contribution >= 4 is 32.6 Å². The maximum absolute atomic E-state index is 12.5. The molecule has 0 aromatic carbocycles. The quantitative estimate of drug-likeness (QED) is 0.364. The average molecular weight is 375 g/mol. The summed E-state index contributed by atoms with van der Waals surface area (Å²) in [5.74, 6) is 0. The molecule has 0 atom stereocenters. The van der Waals surface area contributed by atoms with Crippen LogP contribution in [0.1, 0.15) is 13.8 Å². The standard InChI is InChI=1S/C12H32O5P2Si2/c1-9-14-19(13,15-10-2)12-11-18(16-20(3,4)5)17-21(6,7)8/h9-12H2,1-8H3. The van der Waals surface area contributed by atoms with Crippen LogP contribution in [0.4, 0.5) is 0 Å². The van der Waals surface area contributed by atoms with Crippen LogP contribution in [0.2, 0.25) is 39.3 Å². The summed E-state index contributed by atoms with van der Waals surface area (Å²) in [5.41, 5.74) is 0. The third kappa shape index (κ3) is 12.1. The zero-order valence-electron chi connectivity index (χ0n) is 14.8. The first-order valence-corrected chi connectivity index (χ1v) is 17.4. The summed E-state index contributed by atoms with van der Waals surface area (Å²) in [7, 11) is -7.45. The van der Waals surface area contributed by atoms with Crippen molar-refractivity contribution in [3.8, 4) is 0 Å². The van der Waals surface area contributed by atoms with E-state index in [1.807, 2.05) is 13.8 Å². The fourth-order valence-corrected chi connectivity index (χ4v) is 10.3. The molecule has 0 aliphatic heterocycles. The first-order chi connectivity index (χ1) is 9.41. The zero-order valence-corrected chi connectivity index (χ0v) is 18.6. The predicted molar refractivity (Wildman–Crippen MR) is 96.4 cm³/mol. The molecule has 0 saturated carbocycles. The Bertz CT molecular complexity index is 316. The maximum Gasteiger partial charge on any atom is 0.331 e. The van der Waals surface area contributed by atoms with Crippen molar-refractivity contribution < 1.29 is 22.0 Å². The molecule has 0 aromatic heterocycles. The van der Waals surface area contributed by atoms with E-state index in [2.05, 4.69) is 39.3 Å². The van der Waals surface area contributed by atoms with E-state index in [1.54, 1.807) is 0 Å². The predicted octanol–water partition coefficient (Wildman–Crippen LogP) is 5.27. The Labute approximate surface area is 133 Å². The number of hydrogen-bond donors (Lipinski definition) is 0. The molecule has 0 bridgehead atoms. The van der Waals surface area contributed by atoms with Crippen molar-refractivity contribution in [3.63, 3.8) is 0 Å². The van der Waals surface area contributed by atoms with E-state index < -0.39 is 32.6 Å². The van der Waals surface area contributed by atoms with Crippen LogP contribution < -0.4 is 0 Å². The highest BCUT2D eigenvalue weighted by Crippen LogP contribution is 2.53. The van der Waals surface area contributed by atoms with Crippen molar-refractivity contribution in [1.29, 1.82) is 0 Å². The fraction of sp³-hybridized carbons (Fsp3) is 1.00. The molecule has 0 saturated heterocycles. The monoisotopic (exact) mass is 374 g/mol. The van der Waals surface area contributed by atoms with Gasteiger partial charge >= 0.3 is 7.60 Å². The summed E-state index contributed by atoms with van der Waals surface area (Å²) in [6.45, 7) is 17.3. The van der Waals surface area contributed by atoms with Gasteiger partial charge in [0.1, 0.15) is 8.38 Å². The summed E-state index contributed by atoms with van der Waals surface area (Å²) in [6.07, 6.45) is 0.955. The van der Waals surface area contributed by atoms with Crippen LogP contribution in [0.15, 0.2) is 0 Å². The Kier molecular flexibility index (Phi) is 9.70. The van der Waals surface area contributed by atoms with E-state index in [0.29, 0.717) is 25.5 Å². The van der Waals surface area contributed by atoms with Gasteiger partial charge in [-0.25, -0.2) is 0 Å². The molecule has 0 unspecified atom stereocenters. The molecule has 0 spiro atoms. The molecule has 21 heavy (non-hydrogen) atoms. The van der Waals surface area contributed by atoms with Crippen molar-refractivity contribution in [3.05, 3.63) is 0 Å². The average Bonchev–Trinajstić information content (AvgIpc) is 2.22. The molecule has 128 valence electrons. The lowest BCUT2D eigenvalue weighted by molar-refractivity contribution is 0.221. The minimum Gasteiger partial charge on any atom is -0.376 e. The lowest BCUT2D eigenvalue weighted by Crippen LogP contribution is -2.29. The second-order valence-corrected chi connectivity index (χ2v) is 19.8. The summed E-state index contributed by atoms with van der Waals surface area (Å²) in [6, 6.07) is 0. The highest BCUT2D eigenvalue weighted by molar-refractivity contribution is 7.56. The Morgan fingerprint density at radius 2 is 1.24 bits per heavy atom. The van der Waals surface area contributed by atoms with E-state index >= 15 is 0 Å². The molecule has 0 aliphatic carbocycles. The molecular formula is C12H32O5P2Si2. The van der Waals surface area contributed by atoms with Gasteiger partial charge in [0.15, 0.2) is 16.6 Å². The first kappa shape index (κ1) is 21.9. The highest BCUT2D eigenvalue weighted by Gasteiger charge is 2.31. The molecule has 0 aromatic rings. The zero-order chi connectivity index (χ0) is 16.7. The van der Waals surface area contributed by atoms with Crippen LogP contribution in [0.5, 0.6) is 0 Å². The largest absolute Gasteiger partial charge is 0.376 e. The van der Waals surface area contributed by atoms with Crippen molar-refractivity contribution in [2.24, 2.45) is 0 Å². The van der Waals surface area contributed by atoms with Gasteiger partial charge in [-0.1, -0.05) is 0 Å². The molecule has 0 heterocycles. The molecule has 0 rings (SSSR count). The van der Waals surface area contributed by atoms with Crippen LogP contribution in [0, 0.1) is 0 Å². The molecule has 5 nitrogen and oxygen atoms in total. The lowest BCUT2D eigenvalue weighted by atomic mass is 10.9. The highest BCUT2D eigenvalue weighted by atomic mass is 31.2. The fourth-order valence-electron chi connectivity index (χ4n) is 1.48. The van der Waals surface area contributed by atoms with Gasteiger partial charge in [0.2, 0.25) is 0 Å². The molecule has 0 aliphatic rings. The Morgan fingerprint density at radius 3 is 1.52 bits per heavy atom. The van der Waals surface area contributed by atoms with Crippen LogP contribution in [-0.2, 0) is 22.0 Å². The van der Waals surface area contributed by atoms with Gasteiger partial charge in [0, 0.05) is 6.16 Å². The molecule has 0 N–H and O–H groups in total. The number of rotatable bonds is 11. The van der Waals surface area contributed by atoms with E-state index in [1.165, 1.54) is 0 Å². The SMILES string of the molecule is CCOP(=O)(CCP(O[Si](C)(C)C)O[Si](C)(C)C)OCC. The van der Waals surface area contributed by atoms with Gasteiger partial charge in [-0.2, -0.15) is 0 Å². The van der Waals surface area contributed by atoms with E-state index in [9.17, 15) is 4.57 Å². The van der Waals surface area contributed by atoms with Gasteiger partial charge in [-0.15, -0.1) is 0 Å². The van der Waals surface area contributed by atoms with Crippen LogP contribution in [-0.4, -0.2) is 42.2 Å². The minimum atomic E-state index is -3.02.